The predicted molar refractivity (Wildman–Crippen MR) is 231 cm³/mol. The van der Waals surface area contributed by atoms with Crippen LogP contribution in [0.1, 0.15) is 77.8 Å². The fourth-order valence-corrected chi connectivity index (χ4v) is 20.1. The first-order chi connectivity index (χ1) is 29.7. The minimum absolute atomic E-state index is 0.00173. The molecule has 14 nitrogen and oxygen atoms in total. The van der Waals surface area contributed by atoms with E-state index in [1.165, 1.54) is 17.8 Å². The van der Waals surface area contributed by atoms with Crippen molar-refractivity contribution in [3.63, 3.8) is 0 Å². The van der Waals surface area contributed by atoms with E-state index >= 15 is 4.39 Å². The second kappa shape index (κ2) is 20.3. The van der Waals surface area contributed by atoms with E-state index in [4.69, 9.17) is 28.0 Å². The van der Waals surface area contributed by atoms with Crippen LogP contribution < -0.4 is 20.3 Å². The molecule has 1 amide bonds. The standard InChI is InChI=1S/C39H41FN6O8P.2C3H7.Au/c1-24(2)34(47)44-37-43-33-31(35(48)45-37)42-23-46(33)36-38(3,40)32(54-55-52-21-9-20-41)30(53-36)22-51-39(25-10-7-6-8-11-25,26-12-16-28(49-4)17-13-26)27-14-18-29(50-5)19-15-27;2*1-3-2;/h6-8,10-19,23-24,30,32,36H,9,21-22H2,1-5H3,(H2,43,44,45,47,48);2*3H,1-2H3;/q-1;;;+1/t30-,32-,36-,38-;;;/m1.../s1. The molecule has 0 bridgehead atoms. The first kappa shape index (κ1) is 47.0. The van der Waals surface area contributed by atoms with E-state index in [0.717, 1.165) is 16.7 Å². The number of benzene rings is 3. The Kier molecular flexibility index (Phi) is 15.4. The molecule has 1 aliphatic heterocycles. The van der Waals surface area contributed by atoms with E-state index in [1.54, 1.807) is 28.1 Å². The SMILES string of the molecule is COc1ccc(C(OC[C@H]2O[C@@H](n3cnc4c(=O)[nH]c(NC(=O)C(C)C)nc43)[C@](C)(F)[C@@H]2O[P](OCCC#N)[Au]([CH](C)C)[CH](C)C)(c2ccccc2)c2ccc(OC)cc2)cc1. The van der Waals surface area contributed by atoms with Gasteiger partial charge in [0.2, 0.25) is 0 Å². The molecule has 3 heterocycles. The molecule has 0 radical (unpaired) electrons. The molecule has 5 aromatic rings. The number of H-pyrrole nitrogens is 1. The number of nitriles is 1. The molecule has 17 heteroatoms. The molecule has 2 N–H and O–H groups in total. The van der Waals surface area contributed by atoms with Crippen LogP contribution in [0.15, 0.2) is 90.0 Å². The number of hydrogen-bond acceptors (Lipinski definition) is 11. The number of nitrogens with zero attached hydrogens (tertiary/aromatic N) is 4. The van der Waals surface area contributed by atoms with Crippen molar-refractivity contribution in [1.29, 1.82) is 5.26 Å². The average molecular weight is 1050 g/mol. The van der Waals surface area contributed by atoms with Crippen LogP contribution in [-0.4, -0.2) is 70.7 Å². The molecular formula is C45H55AuFN6O8P. The van der Waals surface area contributed by atoms with Gasteiger partial charge in [0.1, 0.15) is 0 Å². The maximum absolute atomic E-state index is 18.3. The molecule has 6 rings (SSSR count). The Morgan fingerprint density at radius 1 is 0.984 bits per heavy atom. The topological polar surface area (TPSA) is 172 Å². The number of ether oxygens (including phenoxy) is 4. The van der Waals surface area contributed by atoms with Crippen LogP contribution >= 0.6 is 6.27 Å². The number of anilines is 1. The van der Waals surface area contributed by atoms with Crippen LogP contribution in [0.25, 0.3) is 11.2 Å². The zero-order chi connectivity index (χ0) is 44.8. The predicted octanol–water partition coefficient (Wildman–Crippen LogP) is 9.18. The number of aromatic nitrogens is 4. The van der Waals surface area contributed by atoms with Crippen LogP contribution in [-0.2, 0) is 46.8 Å². The quantitative estimate of drug-likeness (QED) is 0.0350. The Morgan fingerprint density at radius 3 is 2.10 bits per heavy atom. The van der Waals surface area contributed by atoms with E-state index in [-0.39, 0.29) is 50.9 Å². The van der Waals surface area contributed by atoms with E-state index < -0.39 is 65.4 Å². The summed E-state index contributed by atoms with van der Waals surface area (Å²) in [6, 6.07) is 27.0. The third-order valence-corrected chi connectivity index (χ3v) is 25.7. The van der Waals surface area contributed by atoms with Gasteiger partial charge in [0.15, 0.2) is 0 Å². The van der Waals surface area contributed by atoms with Gasteiger partial charge in [-0.1, -0.05) is 13.8 Å². The third kappa shape index (κ3) is 9.83. The summed E-state index contributed by atoms with van der Waals surface area (Å²) in [5, 5.41) is 12.1. The number of halogens is 1. The summed E-state index contributed by atoms with van der Waals surface area (Å²) < 4.78 is 58.7. The molecular weight excluding hydrogens is 999 g/mol. The zero-order valence-electron chi connectivity index (χ0n) is 36.3. The van der Waals surface area contributed by atoms with E-state index in [1.807, 2.05) is 78.9 Å². The molecule has 1 fully saturated rings. The molecule has 3 aromatic carbocycles. The first-order valence-corrected chi connectivity index (χ1v) is 26.7. The van der Waals surface area contributed by atoms with Crippen molar-refractivity contribution in [1.82, 2.24) is 19.5 Å². The maximum atomic E-state index is 18.3. The van der Waals surface area contributed by atoms with E-state index in [9.17, 15) is 14.9 Å². The normalized spacial score (nSPS) is 19.8. The zero-order valence-corrected chi connectivity index (χ0v) is 39.4. The number of hydrogen-bond donors (Lipinski definition) is 2. The summed E-state index contributed by atoms with van der Waals surface area (Å²) in [6.07, 6.45) is -4.02. The second-order valence-corrected chi connectivity index (χ2v) is 28.0. The van der Waals surface area contributed by atoms with Crippen LogP contribution in [0.3, 0.4) is 0 Å². The van der Waals surface area contributed by atoms with Crippen molar-refractivity contribution in [2.75, 3.05) is 32.8 Å². The minimum atomic E-state index is -2.31. The van der Waals surface area contributed by atoms with Crippen LogP contribution in [0, 0.1) is 17.2 Å². The van der Waals surface area contributed by atoms with Crippen LogP contribution in [0.5, 0.6) is 11.5 Å². The van der Waals surface area contributed by atoms with Gasteiger partial charge in [0.25, 0.3) is 0 Å². The summed E-state index contributed by atoms with van der Waals surface area (Å²) in [5.41, 5.74) is -1.96. The fraction of sp³-hybridized carbons (Fsp3) is 0.444. The number of aromatic amines is 1. The van der Waals surface area contributed by atoms with Crippen molar-refractivity contribution >= 4 is 29.3 Å². The summed E-state index contributed by atoms with van der Waals surface area (Å²) >= 11 is -2.07. The molecule has 5 atom stereocenters. The average Bonchev–Trinajstić information content (AvgIpc) is 3.78. The molecule has 2 aromatic heterocycles. The first-order valence-electron chi connectivity index (χ1n) is 20.3. The Labute approximate surface area is 368 Å². The number of amides is 1. The number of carbonyl (C=O) groups excluding carboxylic acids is 1. The second-order valence-electron chi connectivity index (χ2n) is 15.4. The Balaban J connectivity index is 1.50. The molecule has 0 aliphatic carbocycles. The van der Waals surface area contributed by atoms with E-state index in [2.05, 4.69) is 54.0 Å². The Bertz CT molecular complexity index is 2320. The molecule has 1 saturated heterocycles. The van der Waals surface area contributed by atoms with Gasteiger partial charge in [-0.2, -0.15) is 0 Å². The number of imidazole rings is 1. The van der Waals surface area contributed by atoms with Gasteiger partial charge in [-0.15, -0.1) is 0 Å². The summed E-state index contributed by atoms with van der Waals surface area (Å²) in [7, 11) is 3.20. The number of rotatable bonds is 19. The molecule has 0 spiro atoms. The summed E-state index contributed by atoms with van der Waals surface area (Å²) in [4.78, 5) is 37.3. The number of carbonyl (C=O) groups is 1. The van der Waals surface area contributed by atoms with Crippen LogP contribution in [0.4, 0.5) is 10.3 Å². The van der Waals surface area contributed by atoms with Gasteiger partial charge in [-0.25, -0.2) is 0 Å². The van der Waals surface area contributed by atoms with Gasteiger partial charge in [0, 0.05) is 0 Å². The number of alkyl halides is 1. The summed E-state index contributed by atoms with van der Waals surface area (Å²) in [6.45, 7) is 13.3. The Hall–Kier alpha value is -4.49. The van der Waals surface area contributed by atoms with Gasteiger partial charge in [-0.3, -0.25) is 0 Å². The molecule has 1 aliphatic rings. The van der Waals surface area contributed by atoms with Crippen molar-refractivity contribution in [2.24, 2.45) is 5.92 Å². The van der Waals surface area contributed by atoms with Crippen molar-refractivity contribution in [3.8, 4) is 17.6 Å². The molecule has 1 unspecified atom stereocenters. The molecule has 62 heavy (non-hydrogen) atoms. The van der Waals surface area contributed by atoms with Gasteiger partial charge < -0.3 is 0 Å². The molecule has 0 saturated carbocycles. The number of nitrogens with one attached hydrogen (secondary N) is 2. The third-order valence-electron chi connectivity index (χ3n) is 10.2. The fourth-order valence-electron chi connectivity index (χ4n) is 7.21. The number of methoxy groups -OCH3 is 2. The van der Waals surface area contributed by atoms with Gasteiger partial charge in [0.05, 0.1) is 14.2 Å². The monoisotopic (exact) mass is 1050 g/mol. The van der Waals surface area contributed by atoms with Crippen molar-refractivity contribution in [3.05, 3.63) is 112 Å². The summed E-state index contributed by atoms with van der Waals surface area (Å²) in [5.74, 6) is 0.421. The molecule has 336 valence electrons. The van der Waals surface area contributed by atoms with E-state index in [0.29, 0.717) is 11.5 Å². The van der Waals surface area contributed by atoms with Crippen molar-refractivity contribution < 1.29 is 55.1 Å². The Morgan fingerprint density at radius 2 is 1.56 bits per heavy atom. The van der Waals surface area contributed by atoms with Crippen LogP contribution in [0.2, 0.25) is 8.27 Å². The number of fused-ring (bicyclic) bond motifs is 1. The van der Waals surface area contributed by atoms with Crippen molar-refractivity contribution in [2.45, 2.75) is 92.9 Å². The van der Waals surface area contributed by atoms with Gasteiger partial charge in [-0.05, 0) is 0 Å². The van der Waals surface area contributed by atoms with Gasteiger partial charge >= 0.3 is 342 Å².